The van der Waals surface area contributed by atoms with E-state index in [1.807, 2.05) is 0 Å². The van der Waals surface area contributed by atoms with Gasteiger partial charge in [0.2, 0.25) is 5.82 Å². The van der Waals surface area contributed by atoms with Crippen molar-refractivity contribution >= 4 is 0 Å². The van der Waals surface area contributed by atoms with Gasteiger partial charge in [-0.1, -0.05) is 0 Å². The summed E-state index contributed by atoms with van der Waals surface area (Å²) >= 11 is 0. The summed E-state index contributed by atoms with van der Waals surface area (Å²) in [7, 11) is 0. The molecule has 3 nitrogen and oxygen atoms in total. The van der Waals surface area contributed by atoms with Crippen molar-refractivity contribution in [2.24, 2.45) is 0 Å². The Morgan fingerprint density at radius 3 is 1.55 bits per heavy atom. The van der Waals surface area contributed by atoms with E-state index in [2.05, 4.69) is 0 Å². The van der Waals surface area contributed by atoms with Crippen molar-refractivity contribution in [2.45, 2.75) is 12.2 Å². The minimum Gasteiger partial charge on any atom is -0.376 e. The maximum atomic E-state index is 13.4. The molecule has 158 valence electrons. The van der Waals surface area contributed by atoms with Crippen molar-refractivity contribution in [3.05, 3.63) is 58.7 Å². The van der Waals surface area contributed by atoms with E-state index in [4.69, 9.17) is 14.2 Å². The zero-order valence-electron chi connectivity index (χ0n) is 14.4. The molecule has 2 saturated heterocycles. The maximum Gasteiger partial charge on any atom is 0.200 e. The molecule has 0 radical (unpaired) electrons. The molecule has 2 unspecified atom stereocenters. The van der Waals surface area contributed by atoms with Crippen LogP contribution in [-0.2, 0) is 14.2 Å². The molecule has 2 aromatic carbocycles. The second-order valence-corrected chi connectivity index (χ2v) is 6.12. The van der Waals surface area contributed by atoms with Crippen molar-refractivity contribution in [2.75, 3.05) is 26.4 Å². The Morgan fingerprint density at radius 2 is 1.10 bits per heavy atom. The number of benzene rings is 2. The highest BCUT2D eigenvalue weighted by molar-refractivity contribution is 5.66. The summed E-state index contributed by atoms with van der Waals surface area (Å²) in [6.07, 6.45) is 0.785. The number of hydrogen-bond donors (Lipinski definition) is 0. The molecule has 0 amide bonds. The fourth-order valence-electron chi connectivity index (χ4n) is 2.22. The SMILES string of the molecule is C(OCC1CO1)C1CO1.Fc1ccc(-c2c(F)c(F)c(F)c(F)c2F)c(F)c1F. The molecule has 29 heavy (non-hydrogen) atoms. The van der Waals surface area contributed by atoms with Crippen LogP contribution in [0.2, 0.25) is 0 Å². The zero-order valence-corrected chi connectivity index (χ0v) is 14.4. The average Bonchev–Trinajstić information content (AvgIpc) is 3.61. The first-order valence-electron chi connectivity index (χ1n) is 8.18. The molecule has 0 spiro atoms. The molecular formula is C18H12F8O3. The van der Waals surface area contributed by atoms with Gasteiger partial charge in [0.05, 0.1) is 32.0 Å². The third-order valence-corrected chi connectivity index (χ3v) is 3.93. The van der Waals surface area contributed by atoms with Crippen LogP contribution in [0.1, 0.15) is 0 Å². The van der Waals surface area contributed by atoms with Crippen LogP contribution in [-0.4, -0.2) is 38.6 Å². The van der Waals surface area contributed by atoms with E-state index in [9.17, 15) is 35.1 Å². The minimum absolute atomic E-state index is 0.297. The highest BCUT2D eigenvalue weighted by Gasteiger charge is 2.29. The van der Waals surface area contributed by atoms with Gasteiger partial charge in [0.15, 0.2) is 40.7 Å². The van der Waals surface area contributed by atoms with E-state index >= 15 is 0 Å². The Balaban J connectivity index is 0.000000220. The second-order valence-electron chi connectivity index (χ2n) is 6.12. The maximum absolute atomic E-state index is 13.4. The largest absolute Gasteiger partial charge is 0.376 e. The molecule has 2 aliphatic rings. The number of ether oxygens (including phenoxy) is 3. The molecule has 2 heterocycles. The van der Waals surface area contributed by atoms with E-state index in [1.165, 1.54) is 0 Å². The molecule has 0 saturated carbocycles. The van der Waals surface area contributed by atoms with Crippen molar-refractivity contribution in [1.82, 2.24) is 0 Å². The first-order chi connectivity index (χ1) is 13.7. The molecule has 2 fully saturated rings. The van der Waals surface area contributed by atoms with E-state index < -0.39 is 57.7 Å². The summed E-state index contributed by atoms with van der Waals surface area (Å²) in [6, 6.07) is 0.665. The van der Waals surface area contributed by atoms with Crippen LogP contribution in [0.3, 0.4) is 0 Å². The summed E-state index contributed by atoms with van der Waals surface area (Å²) in [5.41, 5.74) is -2.95. The predicted octanol–water partition coefficient (Wildman–Crippen LogP) is 4.27. The lowest BCUT2D eigenvalue weighted by molar-refractivity contribution is 0.102. The zero-order chi connectivity index (χ0) is 21.3. The number of hydrogen-bond acceptors (Lipinski definition) is 3. The van der Waals surface area contributed by atoms with Gasteiger partial charge in [-0.3, -0.25) is 0 Å². The smallest absolute Gasteiger partial charge is 0.200 e. The molecule has 0 aliphatic carbocycles. The third kappa shape index (κ3) is 4.85. The highest BCUT2D eigenvalue weighted by Crippen LogP contribution is 2.34. The summed E-state index contributed by atoms with van der Waals surface area (Å²) in [6.45, 7) is 3.26. The number of halogens is 8. The van der Waals surface area contributed by atoms with E-state index in [1.54, 1.807) is 0 Å². The summed E-state index contributed by atoms with van der Waals surface area (Å²) in [5, 5.41) is 0. The van der Waals surface area contributed by atoms with E-state index in [-0.39, 0.29) is 0 Å². The lowest BCUT2D eigenvalue weighted by Gasteiger charge is -2.09. The second kappa shape index (κ2) is 8.64. The molecule has 2 atom stereocenters. The van der Waals surface area contributed by atoms with Gasteiger partial charge in [0.1, 0.15) is 12.2 Å². The van der Waals surface area contributed by atoms with Crippen LogP contribution in [0.25, 0.3) is 11.1 Å². The van der Waals surface area contributed by atoms with E-state index in [0.29, 0.717) is 24.3 Å². The van der Waals surface area contributed by atoms with Gasteiger partial charge in [0.25, 0.3) is 0 Å². The number of rotatable bonds is 5. The van der Waals surface area contributed by atoms with Gasteiger partial charge in [-0.05, 0) is 12.1 Å². The topological polar surface area (TPSA) is 34.3 Å². The summed E-state index contributed by atoms with van der Waals surface area (Å²) in [5.74, 6) is -17.6. The van der Waals surface area contributed by atoms with Gasteiger partial charge in [-0.25, -0.2) is 35.1 Å². The summed E-state index contributed by atoms with van der Waals surface area (Å²) in [4.78, 5) is 0. The molecule has 4 rings (SSSR count). The molecule has 0 aromatic heterocycles. The van der Waals surface area contributed by atoms with Gasteiger partial charge in [-0.15, -0.1) is 0 Å². The van der Waals surface area contributed by atoms with Gasteiger partial charge in [-0.2, -0.15) is 0 Å². The van der Waals surface area contributed by atoms with Crippen LogP contribution >= 0.6 is 0 Å². The van der Waals surface area contributed by atoms with Crippen molar-refractivity contribution in [3.8, 4) is 11.1 Å². The van der Waals surface area contributed by atoms with Gasteiger partial charge >= 0.3 is 0 Å². The standard InChI is InChI=1S/C12H2F8.C6H10O3/c13-4-2-1-3(6(14)7(4)15)5-8(16)10(18)12(20)11(19)9(5)17;1(5-3-8-5)7-2-6-4-9-6/h1-2H;5-6H,1-4H2. The fraction of sp³-hybridized carbons (Fsp3) is 0.333. The van der Waals surface area contributed by atoms with Gasteiger partial charge < -0.3 is 14.2 Å². The Labute approximate surface area is 158 Å². The summed E-state index contributed by atoms with van der Waals surface area (Å²) < 4.78 is 120. The predicted molar refractivity (Wildman–Crippen MR) is 81.8 cm³/mol. The lowest BCUT2D eigenvalue weighted by atomic mass is 10.0. The van der Waals surface area contributed by atoms with Crippen LogP contribution in [0.4, 0.5) is 35.1 Å². The normalized spacial score (nSPS) is 19.6. The molecule has 2 aromatic rings. The third-order valence-electron chi connectivity index (χ3n) is 3.93. The van der Waals surface area contributed by atoms with E-state index in [0.717, 1.165) is 26.4 Å². The van der Waals surface area contributed by atoms with Crippen molar-refractivity contribution in [1.29, 1.82) is 0 Å². The minimum atomic E-state index is -2.44. The monoisotopic (exact) mass is 428 g/mol. The van der Waals surface area contributed by atoms with Crippen molar-refractivity contribution in [3.63, 3.8) is 0 Å². The van der Waals surface area contributed by atoms with Gasteiger partial charge in [0, 0.05) is 5.56 Å². The Bertz CT molecular complexity index is 872. The lowest BCUT2D eigenvalue weighted by Crippen LogP contribution is -2.06. The first kappa shape index (κ1) is 21.5. The Hall–Kier alpha value is -2.24. The van der Waals surface area contributed by atoms with Crippen LogP contribution in [0.5, 0.6) is 0 Å². The molecular weight excluding hydrogens is 416 g/mol. The Kier molecular flexibility index (Phi) is 6.39. The quantitative estimate of drug-likeness (QED) is 0.309. The number of epoxide rings is 2. The molecule has 2 aliphatic heterocycles. The highest BCUT2D eigenvalue weighted by atomic mass is 19.2. The van der Waals surface area contributed by atoms with Crippen LogP contribution in [0.15, 0.2) is 12.1 Å². The molecule has 0 N–H and O–H groups in total. The Morgan fingerprint density at radius 1 is 0.655 bits per heavy atom. The fourth-order valence-corrected chi connectivity index (χ4v) is 2.22. The molecule has 0 bridgehead atoms. The van der Waals surface area contributed by atoms with Crippen molar-refractivity contribution < 1.29 is 49.3 Å². The molecule has 11 heteroatoms. The van der Waals surface area contributed by atoms with Crippen LogP contribution in [0, 0.1) is 46.5 Å². The van der Waals surface area contributed by atoms with Crippen LogP contribution < -0.4 is 0 Å². The first-order valence-corrected chi connectivity index (χ1v) is 8.18. The average molecular weight is 428 g/mol.